The van der Waals surface area contributed by atoms with Gasteiger partial charge in [-0.25, -0.2) is 0 Å². The van der Waals surface area contributed by atoms with Gasteiger partial charge in [0.2, 0.25) is 0 Å². The average molecular weight is 208 g/mol. The van der Waals surface area contributed by atoms with Gasteiger partial charge in [-0.15, -0.1) is 11.3 Å². The van der Waals surface area contributed by atoms with Gasteiger partial charge in [-0.2, -0.15) is 5.26 Å². The van der Waals surface area contributed by atoms with Crippen molar-refractivity contribution in [3.8, 4) is 6.07 Å². The molecule has 1 aliphatic rings. The Labute approximate surface area is 87.3 Å². The van der Waals surface area contributed by atoms with Crippen molar-refractivity contribution >= 4 is 16.3 Å². The molecule has 3 nitrogen and oxygen atoms in total. The number of nitrogens with zero attached hydrogens (tertiary/aromatic N) is 1. The second kappa shape index (κ2) is 4.45. The zero-order chi connectivity index (χ0) is 9.80. The first-order valence-corrected chi connectivity index (χ1v) is 5.55. The summed E-state index contributed by atoms with van der Waals surface area (Å²) in [4.78, 5) is 0.750. The van der Waals surface area contributed by atoms with Gasteiger partial charge in [0.25, 0.3) is 0 Å². The summed E-state index contributed by atoms with van der Waals surface area (Å²) in [5.41, 5.74) is 0. The zero-order valence-corrected chi connectivity index (χ0v) is 8.64. The van der Waals surface area contributed by atoms with Gasteiger partial charge in [-0.05, 0) is 25.0 Å². The molecule has 1 N–H and O–H groups in total. The molecule has 0 aliphatic carbocycles. The van der Waals surface area contributed by atoms with E-state index in [1.54, 1.807) is 0 Å². The molecular formula is C10H12N2OS. The first kappa shape index (κ1) is 9.50. The molecular weight excluding hydrogens is 196 g/mol. The van der Waals surface area contributed by atoms with Crippen molar-refractivity contribution in [2.24, 2.45) is 0 Å². The lowest BCUT2D eigenvalue weighted by molar-refractivity contribution is 0.120. The molecule has 2 rings (SSSR count). The van der Waals surface area contributed by atoms with Gasteiger partial charge in [0.15, 0.2) is 0 Å². The van der Waals surface area contributed by atoms with Gasteiger partial charge in [0, 0.05) is 13.2 Å². The largest absolute Gasteiger partial charge is 0.376 e. The highest BCUT2D eigenvalue weighted by atomic mass is 32.1. The van der Waals surface area contributed by atoms with Crippen LogP contribution in [0, 0.1) is 11.3 Å². The maximum atomic E-state index is 8.64. The van der Waals surface area contributed by atoms with Crippen molar-refractivity contribution in [1.29, 1.82) is 5.26 Å². The maximum absolute atomic E-state index is 8.64. The van der Waals surface area contributed by atoms with Crippen molar-refractivity contribution in [2.75, 3.05) is 18.5 Å². The molecule has 74 valence electrons. The van der Waals surface area contributed by atoms with E-state index < -0.39 is 0 Å². The van der Waals surface area contributed by atoms with E-state index in [0.29, 0.717) is 6.10 Å². The summed E-state index contributed by atoms with van der Waals surface area (Å²) >= 11 is 1.49. The zero-order valence-electron chi connectivity index (χ0n) is 7.82. The highest BCUT2D eigenvalue weighted by Gasteiger charge is 2.14. The van der Waals surface area contributed by atoms with Crippen molar-refractivity contribution in [3.63, 3.8) is 0 Å². The minimum absolute atomic E-state index is 0.350. The Morgan fingerprint density at radius 1 is 1.64 bits per heavy atom. The SMILES string of the molecule is N#Cc1ccc(NCC2CCCO2)s1. The molecule has 1 unspecified atom stereocenters. The Morgan fingerprint density at radius 3 is 3.21 bits per heavy atom. The lowest BCUT2D eigenvalue weighted by Gasteiger charge is -2.09. The number of thiophene rings is 1. The summed E-state index contributed by atoms with van der Waals surface area (Å²) in [5, 5.41) is 13.0. The number of hydrogen-bond acceptors (Lipinski definition) is 4. The molecule has 0 amide bonds. The Balaban J connectivity index is 1.82. The molecule has 0 spiro atoms. The van der Waals surface area contributed by atoms with E-state index in [-0.39, 0.29) is 0 Å². The first-order valence-electron chi connectivity index (χ1n) is 4.74. The molecule has 1 atom stereocenters. The summed E-state index contributed by atoms with van der Waals surface area (Å²) in [6, 6.07) is 5.90. The van der Waals surface area contributed by atoms with Gasteiger partial charge < -0.3 is 10.1 Å². The fourth-order valence-electron chi connectivity index (χ4n) is 1.51. The van der Waals surface area contributed by atoms with E-state index in [1.165, 1.54) is 17.8 Å². The molecule has 0 radical (unpaired) electrons. The fourth-order valence-corrected chi connectivity index (χ4v) is 2.22. The Bertz CT molecular complexity index is 336. The van der Waals surface area contributed by atoms with Gasteiger partial charge in [0.05, 0.1) is 11.1 Å². The number of nitriles is 1. The van der Waals surface area contributed by atoms with Crippen LogP contribution in [0.4, 0.5) is 5.00 Å². The van der Waals surface area contributed by atoms with E-state index in [1.807, 2.05) is 12.1 Å². The topological polar surface area (TPSA) is 45.0 Å². The van der Waals surface area contributed by atoms with Crippen molar-refractivity contribution in [3.05, 3.63) is 17.0 Å². The maximum Gasteiger partial charge on any atom is 0.110 e. The van der Waals surface area contributed by atoms with Gasteiger partial charge in [-0.1, -0.05) is 0 Å². The standard InChI is InChI=1S/C10H12N2OS/c11-6-9-3-4-10(14-9)12-7-8-2-1-5-13-8/h3-4,8,12H,1-2,5,7H2. The van der Waals surface area contributed by atoms with E-state index in [4.69, 9.17) is 10.00 Å². The van der Waals surface area contributed by atoms with E-state index >= 15 is 0 Å². The molecule has 1 fully saturated rings. The lowest BCUT2D eigenvalue weighted by atomic mass is 10.2. The minimum Gasteiger partial charge on any atom is -0.376 e. The third-order valence-electron chi connectivity index (χ3n) is 2.24. The second-order valence-electron chi connectivity index (χ2n) is 3.29. The number of rotatable bonds is 3. The predicted octanol–water partition coefficient (Wildman–Crippen LogP) is 2.21. The summed E-state index contributed by atoms with van der Waals surface area (Å²) in [6.45, 7) is 1.74. The van der Waals surface area contributed by atoms with Crippen molar-refractivity contribution in [1.82, 2.24) is 0 Å². The molecule has 2 heterocycles. The third-order valence-corrected chi connectivity index (χ3v) is 3.19. The molecule has 1 saturated heterocycles. The smallest absolute Gasteiger partial charge is 0.110 e. The van der Waals surface area contributed by atoms with Crippen LogP contribution in [-0.4, -0.2) is 19.3 Å². The summed E-state index contributed by atoms with van der Waals surface area (Å²) in [7, 11) is 0. The number of nitrogens with one attached hydrogen (secondary N) is 1. The molecule has 14 heavy (non-hydrogen) atoms. The van der Waals surface area contributed by atoms with E-state index in [9.17, 15) is 0 Å². The van der Waals surface area contributed by atoms with Crippen LogP contribution in [0.3, 0.4) is 0 Å². The second-order valence-corrected chi connectivity index (χ2v) is 4.38. The van der Waals surface area contributed by atoms with E-state index in [0.717, 1.165) is 29.5 Å². The lowest BCUT2D eigenvalue weighted by Crippen LogP contribution is -2.17. The highest BCUT2D eigenvalue weighted by Crippen LogP contribution is 2.21. The Morgan fingerprint density at radius 2 is 2.57 bits per heavy atom. The quantitative estimate of drug-likeness (QED) is 0.828. The summed E-state index contributed by atoms with van der Waals surface area (Å²) in [5.74, 6) is 0. The van der Waals surface area contributed by atoms with Crippen LogP contribution in [0.2, 0.25) is 0 Å². The van der Waals surface area contributed by atoms with Gasteiger partial charge >= 0.3 is 0 Å². The molecule has 1 aromatic heterocycles. The molecule has 1 aromatic rings. The Kier molecular flexibility index (Phi) is 3.02. The average Bonchev–Trinajstić information content (AvgIpc) is 2.86. The number of ether oxygens (including phenoxy) is 1. The molecule has 4 heteroatoms. The van der Waals surface area contributed by atoms with Crippen LogP contribution >= 0.6 is 11.3 Å². The predicted molar refractivity (Wildman–Crippen MR) is 56.5 cm³/mol. The van der Waals surface area contributed by atoms with Gasteiger partial charge in [-0.3, -0.25) is 0 Å². The number of hydrogen-bond donors (Lipinski definition) is 1. The van der Waals surface area contributed by atoms with Crippen LogP contribution in [0.25, 0.3) is 0 Å². The summed E-state index contributed by atoms with van der Waals surface area (Å²) < 4.78 is 5.48. The monoisotopic (exact) mass is 208 g/mol. The molecule has 0 aromatic carbocycles. The van der Waals surface area contributed by atoms with Crippen LogP contribution in [0.5, 0.6) is 0 Å². The molecule has 1 aliphatic heterocycles. The fraction of sp³-hybridized carbons (Fsp3) is 0.500. The Hall–Kier alpha value is -1.05. The van der Waals surface area contributed by atoms with E-state index in [2.05, 4.69) is 11.4 Å². The first-order chi connectivity index (χ1) is 6.88. The molecule has 0 bridgehead atoms. The minimum atomic E-state index is 0.350. The van der Waals surface area contributed by atoms with Crippen molar-refractivity contribution < 1.29 is 4.74 Å². The van der Waals surface area contributed by atoms with Crippen LogP contribution in [0.1, 0.15) is 17.7 Å². The summed E-state index contributed by atoms with van der Waals surface area (Å²) in [6.07, 6.45) is 2.66. The highest BCUT2D eigenvalue weighted by molar-refractivity contribution is 7.16. The third kappa shape index (κ3) is 2.25. The van der Waals surface area contributed by atoms with Crippen LogP contribution in [-0.2, 0) is 4.74 Å². The van der Waals surface area contributed by atoms with Crippen molar-refractivity contribution in [2.45, 2.75) is 18.9 Å². The number of anilines is 1. The molecule has 0 saturated carbocycles. The van der Waals surface area contributed by atoms with Gasteiger partial charge in [0.1, 0.15) is 10.9 Å². The van der Waals surface area contributed by atoms with Crippen LogP contribution < -0.4 is 5.32 Å². The normalized spacial score (nSPS) is 20.6. The van der Waals surface area contributed by atoms with Crippen LogP contribution in [0.15, 0.2) is 12.1 Å².